The molecule has 3 aromatic rings. The van der Waals surface area contributed by atoms with Crippen molar-refractivity contribution in [1.82, 2.24) is 4.98 Å². The molecule has 24 heavy (non-hydrogen) atoms. The van der Waals surface area contributed by atoms with Crippen LogP contribution in [0.25, 0.3) is 11.3 Å². The van der Waals surface area contributed by atoms with Gasteiger partial charge in [-0.15, -0.1) is 11.3 Å². The van der Waals surface area contributed by atoms with E-state index in [9.17, 15) is 4.79 Å². The Hall–Kier alpha value is -2.37. The van der Waals surface area contributed by atoms with Crippen molar-refractivity contribution in [1.29, 1.82) is 0 Å². The lowest BCUT2D eigenvalue weighted by atomic mass is 10.1. The highest BCUT2D eigenvalue weighted by Crippen LogP contribution is 2.30. The van der Waals surface area contributed by atoms with E-state index in [0.29, 0.717) is 5.02 Å². The van der Waals surface area contributed by atoms with Crippen molar-refractivity contribution in [2.45, 2.75) is 13.8 Å². The van der Waals surface area contributed by atoms with Gasteiger partial charge in [-0.2, -0.15) is 0 Å². The van der Waals surface area contributed by atoms with E-state index in [1.807, 2.05) is 54.8 Å². The number of benzene rings is 2. The summed E-state index contributed by atoms with van der Waals surface area (Å²) in [6.07, 6.45) is 0. The van der Waals surface area contributed by atoms with Gasteiger partial charge in [-0.1, -0.05) is 29.8 Å². The van der Waals surface area contributed by atoms with E-state index in [1.54, 1.807) is 0 Å². The number of nitrogens with zero attached hydrogens (tertiary/aromatic N) is 1. The van der Waals surface area contributed by atoms with Crippen LogP contribution in [0.5, 0.6) is 0 Å². The van der Waals surface area contributed by atoms with Crippen molar-refractivity contribution in [2.75, 3.05) is 10.6 Å². The number of carbonyl (C=O) groups is 1. The van der Waals surface area contributed by atoms with Gasteiger partial charge >= 0.3 is 0 Å². The molecule has 0 atom stereocenters. The first-order valence-corrected chi connectivity index (χ1v) is 8.64. The monoisotopic (exact) mass is 357 g/mol. The topological polar surface area (TPSA) is 54.0 Å². The fourth-order valence-electron chi connectivity index (χ4n) is 2.27. The molecular weight excluding hydrogens is 342 g/mol. The number of rotatable bonds is 4. The molecule has 0 aliphatic carbocycles. The number of anilines is 3. The maximum absolute atomic E-state index is 11.2. The highest BCUT2D eigenvalue weighted by atomic mass is 35.5. The molecule has 2 aromatic carbocycles. The maximum atomic E-state index is 11.2. The lowest BCUT2D eigenvalue weighted by Gasteiger charge is -2.07. The Kier molecular flexibility index (Phi) is 4.83. The zero-order chi connectivity index (χ0) is 17.1. The number of halogens is 1. The lowest BCUT2D eigenvalue weighted by molar-refractivity contribution is -0.114. The summed E-state index contributed by atoms with van der Waals surface area (Å²) < 4.78 is 0. The Morgan fingerprint density at radius 3 is 2.83 bits per heavy atom. The minimum atomic E-state index is -0.0933. The number of hydrogen-bond acceptors (Lipinski definition) is 4. The molecule has 0 fully saturated rings. The van der Waals surface area contributed by atoms with Crippen LogP contribution in [0.2, 0.25) is 5.02 Å². The molecule has 0 aliphatic heterocycles. The average molecular weight is 358 g/mol. The number of aromatic nitrogens is 1. The summed E-state index contributed by atoms with van der Waals surface area (Å²) in [5.74, 6) is -0.0933. The molecule has 2 N–H and O–H groups in total. The SMILES string of the molecule is CC(=O)Nc1cccc(-c2csc(Nc3cc(Cl)ccc3C)n2)c1. The van der Waals surface area contributed by atoms with Gasteiger partial charge in [0.05, 0.1) is 5.69 Å². The summed E-state index contributed by atoms with van der Waals surface area (Å²) in [6.45, 7) is 3.51. The van der Waals surface area contributed by atoms with Crippen LogP contribution < -0.4 is 10.6 Å². The van der Waals surface area contributed by atoms with Crippen molar-refractivity contribution >= 4 is 45.4 Å². The first kappa shape index (κ1) is 16.5. The number of thiazole rings is 1. The van der Waals surface area contributed by atoms with Crippen LogP contribution in [0.3, 0.4) is 0 Å². The van der Waals surface area contributed by atoms with E-state index in [4.69, 9.17) is 11.6 Å². The van der Waals surface area contributed by atoms with Crippen molar-refractivity contribution in [3.05, 3.63) is 58.4 Å². The van der Waals surface area contributed by atoms with E-state index in [2.05, 4.69) is 15.6 Å². The van der Waals surface area contributed by atoms with Crippen molar-refractivity contribution in [3.63, 3.8) is 0 Å². The fraction of sp³-hybridized carbons (Fsp3) is 0.111. The molecule has 122 valence electrons. The van der Waals surface area contributed by atoms with Crippen LogP contribution >= 0.6 is 22.9 Å². The van der Waals surface area contributed by atoms with Gasteiger partial charge in [0, 0.05) is 34.3 Å². The average Bonchev–Trinajstić information content (AvgIpc) is 2.99. The highest BCUT2D eigenvalue weighted by molar-refractivity contribution is 7.14. The van der Waals surface area contributed by atoms with Crippen LogP contribution in [0.4, 0.5) is 16.5 Å². The fourth-order valence-corrected chi connectivity index (χ4v) is 3.17. The zero-order valence-electron chi connectivity index (χ0n) is 13.3. The van der Waals surface area contributed by atoms with E-state index in [-0.39, 0.29) is 5.91 Å². The minimum Gasteiger partial charge on any atom is -0.331 e. The number of carbonyl (C=O) groups excluding carboxylic acids is 1. The molecule has 0 unspecified atom stereocenters. The molecule has 3 rings (SSSR count). The summed E-state index contributed by atoms with van der Waals surface area (Å²) >= 11 is 7.57. The summed E-state index contributed by atoms with van der Waals surface area (Å²) in [4.78, 5) is 15.8. The van der Waals surface area contributed by atoms with Gasteiger partial charge in [0.25, 0.3) is 0 Å². The molecule has 0 radical (unpaired) electrons. The second-order valence-corrected chi connectivity index (χ2v) is 6.68. The second kappa shape index (κ2) is 7.03. The molecule has 0 aliphatic rings. The molecule has 1 heterocycles. The van der Waals surface area contributed by atoms with Crippen LogP contribution in [0.15, 0.2) is 47.8 Å². The third-order valence-corrected chi connectivity index (χ3v) is 4.42. The first-order valence-electron chi connectivity index (χ1n) is 7.38. The van der Waals surface area contributed by atoms with Crippen molar-refractivity contribution in [3.8, 4) is 11.3 Å². The lowest BCUT2D eigenvalue weighted by Crippen LogP contribution is -2.05. The predicted octanol–water partition coefficient (Wildman–Crippen LogP) is 5.47. The van der Waals surface area contributed by atoms with Gasteiger partial charge in [0.15, 0.2) is 5.13 Å². The number of hydrogen-bond donors (Lipinski definition) is 2. The smallest absolute Gasteiger partial charge is 0.221 e. The number of aryl methyl sites for hydroxylation is 1. The second-order valence-electron chi connectivity index (χ2n) is 5.38. The molecule has 1 aromatic heterocycles. The van der Waals surface area contributed by atoms with Crippen LogP contribution in [-0.2, 0) is 4.79 Å². The van der Waals surface area contributed by atoms with Crippen molar-refractivity contribution < 1.29 is 4.79 Å². The highest BCUT2D eigenvalue weighted by Gasteiger charge is 2.08. The minimum absolute atomic E-state index is 0.0933. The van der Waals surface area contributed by atoms with E-state index >= 15 is 0 Å². The van der Waals surface area contributed by atoms with Crippen LogP contribution in [0, 0.1) is 6.92 Å². The first-order chi connectivity index (χ1) is 11.5. The van der Waals surface area contributed by atoms with Gasteiger partial charge < -0.3 is 10.6 Å². The third-order valence-electron chi connectivity index (χ3n) is 3.42. The summed E-state index contributed by atoms with van der Waals surface area (Å²) in [6, 6.07) is 13.3. The van der Waals surface area contributed by atoms with E-state index in [0.717, 1.165) is 33.3 Å². The van der Waals surface area contributed by atoms with Gasteiger partial charge in [-0.05, 0) is 36.8 Å². The Morgan fingerprint density at radius 2 is 2.04 bits per heavy atom. The van der Waals surface area contributed by atoms with E-state index in [1.165, 1.54) is 18.3 Å². The number of amides is 1. The Labute approximate surface area is 149 Å². The predicted molar refractivity (Wildman–Crippen MR) is 101 cm³/mol. The summed E-state index contributed by atoms with van der Waals surface area (Å²) in [7, 11) is 0. The number of nitrogens with one attached hydrogen (secondary N) is 2. The summed E-state index contributed by atoms with van der Waals surface area (Å²) in [5, 5.41) is 9.54. The molecule has 4 nitrogen and oxygen atoms in total. The standard InChI is InChI=1S/C18H16ClN3OS/c1-11-6-7-14(19)9-16(11)21-18-22-17(10-24-18)13-4-3-5-15(8-13)20-12(2)23/h3-10H,1-2H3,(H,20,23)(H,21,22). The molecule has 1 amide bonds. The molecule has 0 bridgehead atoms. The largest absolute Gasteiger partial charge is 0.331 e. The molecule has 0 spiro atoms. The van der Waals surface area contributed by atoms with Crippen LogP contribution in [-0.4, -0.2) is 10.9 Å². The quantitative estimate of drug-likeness (QED) is 0.650. The van der Waals surface area contributed by atoms with Gasteiger partial charge in [-0.3, -0.25) is 4.79 Å². The van der Waals surface area contributed by atoms with Crippen LogP contribution in [0.1, 0.15) is 12.5 Å². The Morgan fingerprint density at radius 1 is 1.21 bits per heavy atom. The van der Waals surface area contributed by atoms with E-state index < -0.39 is 0 Å². The van der Waals surface area contributed by atoms with Gasteiger partial charge in [0.2, 0.25) is 5.91 Å². The van der Waals surface area contributed by atoms with Gasteiger partial charge in [-0.25, -0.2) is 4.98 Å². The molecule has 6 heteroatoms. The molecule has 0 saturated heterocycles. The molecular formula is C18H16ClN3OS. The van der Waals surface area contributed by atoms with Crippen molar-refractivity contribution in [2.24, 2.45) is 0 Å². The summed E-state index contributed by atoms with van der Waals surface area (Å²) in [5.41, 5.74) is 4.61. The Bertz CT molecular complexity index is 891. The third kappa shape index (κ3) is 3.93. The maximum Gasteiger partial charge on any atom is 0.221 e. The molecule has 0 saturated carbocycles. The zero-order valence-corrected chi connectivity index (χ0v) is 14.8. The Balaban J connectivity index is 1.83. The van der Waals surface area contributed by atoms with Gasteiger partial charge in [0.1, 0.15) is 0 Å². The normalized spacial score (nSPS) is 10.5.